The second-order valence-corrected chi connectivity index (χ2v) is 11.5. The van der Waals surface area contributed by atoms with Crippen LogP contribution in [-0.4, -0.2) is 66.0 Å². The molecule has 4 heterocycles. The molecule has 6 rings (SSSR count). The first-order chi connectivity index (χ1) is 22.5. The molecule has 0 atom stereocenters. The lowest BCUT2D eigenvalue weighted by atomic mass is 9.90. The maximum atomic E-state index is 14.0. The van der Waals surface area contributed by atoms with Crippen LogP contribution in [0.2, 0.25) is 0 Å². The van der Waals surface area contributed by atoms with Crippen molar-refractivity contribution in [3.63, 3.8) is 0 Å². The fourth-order valence-electron chi connectivity index (χ4n) is 5.88. The lowest BCUT2D eigenvalue weighted by molar-refractivity contribution is -0.141. The van der Waals surface area contributed by atoms with Crippen molar-refractivity contribution in [2.75, 3.05) is 54.4 Å². The monoisotopic (exact) mass is 654 g/mol. The highest BCUT2D eigenvalue weighted by Crippen LogP contribution is 2.36. The van der Waals surface area contributed by atoms with Crippen LogP contribution in [0.4, 0.5) is 39.5 Å². The maximum absolute atomic E-state index is 14.0. The van der Waals surface area contributed by atoms with Gasteiger partial charge >= 0.3 is 6.18 Å². The number of rotatable bonds is 7. The molecule has 2 saturated heterocycles. The van der Waals surface area contributed by atoms with Gasteiger partial charge in [-0.3, -0.25) is 9.59 Å². The minimum Gasteiger partial charge on any atom is -0.417 e. The Hall–Kier alpha value is -5.01. The fraction of sp³-hybridized carbons (Fsp3) is 0.333. The quantitative estimate of drug-likeness (QED) is 0.248. The molecule has 2 aliphatic heterocycles. The third kappa shape index (κ3) is 7.36. The molecule has 2 amide bonds. The van der Waals surface area contributed by atoms with E-state index in [-0.39, 0.29) is 35.5 Å². The molecule has 0 radical (unpaired) electrons. The summed E-state index contributed by atoms with van der Waals surface area (Å²) in [6.45, 7) is 2.40. The van der Waals surface area contributed by atoms with Crippen LogP contribution < -0.4 is 15.1 Å². The molecule has 47 heavy (non-hydrogen) atoms. The van der Waals surface area contributed by atoms with Gasteiger partial charge < -0.3 is 24.4 Å². The zero-order chi connectivity index (χ0) is 33.1. The van der Waals surface area contributed by atoms with Crippen LogP contribution in [0.1, 0.15) is 46.1 Å². The molecule has 2 aromatic carbocycles. The molecule has 4 aromatic rings. The number of pyridine rings is 1. The highest BCUT2D eigenvalue weighted by Gasteiger charge is 2.42. The van der Waals surface area contributed by atoms with Gasteiger partial charge in [0.25, 0.3) is 11.9 Å². The summed E-state index contributed by atoms with van der Waals surface area (Å²) in [5, 5.41) is 2.42. The summed E-state index contributed by atoms with van der Waals surface area (Å²) in [7, 11) is 0. The standard InChI is InChI=1S/C33H31F5N6O3/c34-24-7-6-23(26(35)19-24)18-28(45)43-16-14-42(15-17-43)27-9-8-25(20-39-27)40-31(46)29-30(33(36,37)38)41-32(47-29)44-12-10-22(11-13-44)21-4-2-1-3-5-21/h1-9,19-20,22H,10-18H2,(H,40,46). The average Bonchev–Trinajstić information content (AvgIpc) is 3.54. The average molecular weight is 655 g/mol. The topological polar surface area (TPSA) is 94.8 Å². The van der Waals surface area contributed by atoms with Crippen LogP contribution in [0.15, 0.2) is 71.3 Å². The number of nitrogens with one attached hydrogen (secondary N) is 1. The number of carbonyl (C=O) groups excluding carboxylic acids is 2. The van der Waals surface area contributed by atoms with Crippen LogP contribution in [0, 0.1) is 11.6 Å². The van der Waals surface area contributed by atoms with Crippen molar-refractivity contribution in [2.45, 2.75) is 31.4 Å². The molecule has 2 aromatic heterocycles. The molecular formula is C33H31F5N6O3. The lowest BCUT2D eigenvalue weighted by Crippen LogP contribution is -2.49. The number of anilines is 3. The van der Waals surface area contributed by atoms with Crippen molar-refractivity contribution < 1.29 is 36.0 Å². The normalized spacial score (nSPS) is 16.0. The van der Waals surface area contributed by atoms with E-state index < -0.39 is 35.2 Å². The van der Waals surface area contributed by atoms with Gasteiger partial charge in [0.2, 0.25) is 11.7 Å². The van der Waals surface area contributed by atoms with Crippen LogP contribution in [0.3, 0.4) is 0 Å². The van der Waals surface area contributed by atoms with E-state index in [0.29, 0.717) is 57.9 Å². The maximum Gasteiger partial charge on any atom is 0.437 e. The van der Waals surface area contributed by atoms with Crippen LogP contribution in [0.25, 0.3) is 0 Å². The summed E-state index contributed by atoms with van der Waals surface area (Å²) in [5.41, 5.74) is 0.0485. The number of oxazole rings is 1. The minimum atomic E-state index is -4.91. The number of amides is 2. The third-order valence-corrected chi connectivity index (χ3v) is 8.45. The molecule has 9 nitrogen and oxygen atoms in total. The number of carbonyl (C=O) groups is 2. The third-order valence-electron chi connectivity index (χ3n) is 8.45. The molecule has 0 unspecified atom stereocenters. The van der Waals surface area contributed by atoms with Gasteiger partial charge in [0.05, 0.1) is 18.3 Å². The summed E-state index contributed by atoms with van der Waals surface area (Å²) in [6.07, 6.45) is -2.37. The Balaban J connectivity index is 1.05. The van der Waals surface area contributed by atoms with E-state index in [1.165, 1.54) is 23.9 Å². The summed E-state index contributed by atoms with van der Waals surface area (Å²) in [4.78, 5) is 38.8. The highest BCUT2D eigenvalue weighted by molar-refractivity contribution is 6.03. The van der Waals surface area contributed by atoms with E-state index >= 15 is 0 Å². The van der Waals surface area contributed by atoms with Crippen LogP contribution in [0.5, 0.6) is 0 Å². The molecule has 0 bridgehead atoms. The summed E-state index contributed by atoms with van der Waals surface area (Å²) in [6, 6.07) is 15.9. The fourth-order valence-corrected chi connectivity index (χ4v) is 5.88. The van der Waals surface area contributed by atoms with E-state index in [1.54, 1.807) is 15.9 Å². The molecule has 0 saturated carbocycles. The number of nitrogens with zero attached hydrogens (tertiary/aromatic N) is 5. The van der Waals surface area contributed by atoms with Gasteiger partial charge in [0.15, 0.2) is 5.69 Å². The number of hydrogen-bond donors (Lipinski definition) is 1. The van der Waals surface area contributed by atoms with Gasteiger partial charge in [-0.2, -0.15) is 18.2 Å². The molecule has 0 aliphatic carbocycles. The number of aromatic nitrogens is 2. The van der Waals surface area contributed by atoms with Gasteiger partial charge in [-0.25, -0.2) is 13.8 Å². The largest absolute Gasteiger partial charge is 0.437 e. The van der Waals surface area contributed by atoms with Crippen molar-refractivity contribution >= 4 is 29.3 Å². The zero-order valence-corrected chi connectivity index (χ0v) is 25.1. The lowest BCUT2D eigenvalue weighted by Gasteiger charge is -2.35. The number of halogens is 5. The number of alkyl halides is 3. The number of benzene rings is 2. The first-order valence-electron chi connectivity index (χ1n) is 15.2. The Bertz CT molecular complexity index is 1720. The Morgan fingerprint density at radius 3 is 2.26 bits per heavy atom. The van der Waals surface area contributed by atoms with Crippen LogP contribution in [-0.2, 0) is 17.4 Å². The Morgan fingerprint density at radius 1 is 0.894 bits per heavy atom. The second-order valence-electron chi connectivity index (χ2n) is 11.5. The highest BCUT2D eigenvalue weighted by atomic mass is 19.4. The summed E-state index contributed by atoms with van der Waals surface area (Å²) >= 11 is 0. The van der Waals surface area contributed by atoms with E-state index in [9.17, 15) is 31.5 Å². The Morgan fingerprint density at radius 2 is 1.62 bits per heavy atom. The van der Waals surface area contributed by atoms with Crippen molar-refractivity contribution in [3.05, 3.63) is 101 Å². The molecule has 2 aliphatic rings. The van der Waals surface area contributed by atoms with Gasteiger partial charge in [0.1, 0.15) is 17.5 Å². The smallest absolute Gasteiger partial charge is 0.417 e. The predicted octanol–water partition coefficient (Wildman–Crippen LogP) is 5.89. The Labute approximate surface area is 267 Å². The van der Waals surface area contributed by atoms with E-state index in [1.807, 2.05) is 35.2 Å². The van der Waals surface area contributed by atoms with Gasteiger partial charge in [-0.05, 0) is 48.1 Å². The van der Waals surface area contributed by atoms with Crippen molar-refractivity contribution in [1.82, 2.24) is 14.9 Å². The molecule has 2 fully saturated rings. The predicted molar refractivity (Wildman–Crippen MR) is 163 cm³/mol. The van der Waals surface area contributed by atoms with Crippen LogP contribution >= 0.6 is 0 Å². The first-order valence-corrected chi connectivity index (χ1v) is 15.2. The molecule has 1 N–H and O–H groups in total. The van der Waals surface area contributed by atoms with Gasteiger partial charge in [-0.1, -0.05) is 36.4 Å². The number of hydrogen-bond acceptors (Lipinski definition) is 7. The minimum absolute atomic E-state index is 0.116. The van der Waals surface area contributed by atoms with Gasteiger partial charge in [-0.15, -0.1) is 0 Å². The number of piperidine rings is 1. The summed E-state index contributed by atoms with van der Waals surface area (Å²) in [5.74, 6) is -2.99. The SMILES string of the molecule is O=C(Nc1ccc(N2CCN(C(=O)Cc3ccc(F)cc3F)CC2)nc1)c1oc(N2CCC(c3ccccc3)CC2)nc1C(F)(F)F. The second kappa shape index (κ2) is 13.4. The summed E-state index contributed by atoms with van der Waals surface area (Å²) < 4.78 is 74.3. The molecule has 246 valence electrons. The Kier molecular flexibility index (Phi) is 9.10. The van der Waals surface area contributed by atoms with Crippen molar-refractivity contribution in [1.29, 1.82) is 0 Å². The van der Waals surface area contributed by atoms with Crippen molar-refractivity contribution in [2.24, 2.45) is 0 Å². The molecule has 14 heteroatoms. The van der Waals surface area contributed by atoms with Gasteiger partial charge in [0, 0.05) is 45.3 Å². The van der Waals surface area contributed by atoms with E-state index in [4.69, 9.17) is 4.42 Å². The zero-order valence-electron chi connectivity index (χ0n) is 25.1. The van der Waals surface area contributed by atoms with E-state index in [0.717, 1.165) is 12.1 Å². The van der Waals surface area contributed by atoms with E-state index in [2.05, 4.69) is 15.3 Å². The first kappa shape index (κ1) is 32.0. The van der Waals surface area contributed by atoms with Crippen molar-refractivity contribution in [3.8, 4) is 0 Å². The number of piperazine rings is 1. The molecule has 0 spiro atoms. The molecular weight excluding hydrogens is 623 g/mol.